The molecule has 118 valence electrons. The number of anilines is 1. The monoisotopic (exact) mass is 324 g/mol. The third-order valence-corrected chi connectivity index (χ3v) is 3.95. The summed E-state index contributed by atoms with van der Waals surface area (Å²) in [4.78, 5) is 25.5. The summed E-state index contributed by atoms with van der Waals surface area (Å²) in [6.07, 6.45) is 2.05. The van der Waals surface area contributed by atoms with Gasteiger partial charge in [0.25, 0.3) is 5.91 Å². The molecule has 1 aromatic rings. The Morgan fingerprint density at radius 2 is 2.32 bits per heavy atom. The molecule has 0 bridgehead atoms. The smallest absolute Gasteiger partial charge is 0.265 e. The number of hydrogen-bond acceptors (Lipinski definition) is 4. The molecule has 1 aromatic carbocycles. The van der Waals surface area contributed by atoms with E-state index in [0.29, 0.717) is 23.0 Å². The van der Waals surface area contributed by atoms with Crippen molar-refractivity contribution in [1.82, 2.24) is 5.32 Å². The summed E-state index contributed by atoms with van der Waals surface area (Å²) < 4.78 is 10.8. The molecule has 2 aliphatic heterocycles. The zero-order valence-corrected chi connectivity index (χ0v) is 12.8. The average Bonchev–Trinajstić information content (AvgIpc) is 3.02. The predicted molar refractivity (Wildman–Crippen MR) is 81.3 cm³/mol. The number of carbonyl (C=O) groups excluding carboxylic acids is 2. The second-order valence-corrected chi connectivity index (χ2v) is 5.76. The van der Waals surface area contributed by atoms with E-state index in [4.69, 9.17) is 21.1 Å². The maximum Gasteiger partial charge on any atom is 0.265 e. The summed E-state index contributed by atoms with van der Waals surface area (Å²) in [6.45, 7) is 1.09. The van der Waals surface area contributed by atoms with Gasteiger partial charge in [0.15, 0.2) is 6.61 Å². The fourth-order valence-corrected chi connectivity index (χ4v) is 2.75. The van der Waals surface area contributed by atoms with Crippen LogP contribution in [0.25, 0.3) is 0 Å². The van der Waals surface area contributed by atoms with Gasteiger partial charge >= 0.3 is 0 Å². The van der Waals surface area contributed by atoms with Crippen molar-refractivity contribution in [2.24, 2.45) is 0 Å². The summed E-state index contributed by atoms with van der Waals surface area (Å²) in [5, 5.41) is 3.29. The number of fused-ring (bicyclic) bond motifs is 1. The normalized spacial score (nSPS) is 20.5. The van der Waals surface area contributed by atoms with Crippen LogP contribution in [0.1, 0.15) is 12.8 Å². The van der Waals surface area contributed by atoms with E-state index in [-0.39, 0.29) is 31.1 Å². The number of ether oxygens (including phenoxy) is 2. The molecule has 2 amide bonds. The molecule has 2 heterocycles. The quantitative estimate of drug-likeness (QED) is 0.908. The maximum atomic E-state index is 12.1. The van der Waals surface area contributed by atoms with E-state index in [1.807, 2.05) is 0 Å². The van der Waals surface area contributed by atoms with Crippen LogP contribution in [-0.4, -0.2) is 44.2 Å². The molecule has 1 atom stereocenters. The number of benzene rings is 1. The highest BCUT2D eigenvalue weighted by molar-refractivity contribution is 6.31. The highest BCUT2D eigenvalue weighted by Gasteiger charge is 2.28. The molecule has 0 aliphatic carbocycles. The number of nitrogens with zero attached hydrogens (tertiary/aromatic N) is 1. The SMILES string of the molecule is O=C(CN1C(=O)COc2ccc(Cl)cc21)NC[C@H]1CCCO1. The zero-order valence-electron chi connectivity index (χ0n) is 12.0. The second-order valence-electron chi connectivity index (χ2n) is 5.32. The van der Waals surface area contributed by atoms with Crippen LogP contribution >= 0.6 is 11.6 Å². The molecule has 7 heteroatoms. The summed E-state index contributed by atoms with van der Waals surface area (Å²) >= 11 is 5.96. The van der Waals surface area contributed by atoms with Gasteiger partial charge in [0.2, 0.25) is 5.91 Å². The maximum absolute atomic E-state index is 12.1. The molecule has 22 heavy (non-hydrogen) atoms. The number of hydrogen-bond donors (Lipinski definition) is 1. The lowest BCUT2D eigenvalue weighted by atomic mass is 10.2. The molecule has 1 N–H and O–H groups in total. The lowest BCUT2D eigenvalue weighted by molar-refractivity contribution is -0.125. The van der Waals surface area contributed by atoms with Crippen molar-refractivity contribution >= 4 is 29.1 Å². The van der Waals surface area contributed by atoms with Gasteiger partial charge in [0.1, 0.15) is 12.3 Å². The molecular formula is C15H17ClN2O4. The molecule has 0 spiro atoms. The third kappa shape index (κ3) is 3.34. The molecule has 6 nitrogen and oxygen atoms in total. The van der Waals surface area contributed by atoms with Crippen LogP contribution in [0.15, 0.2) is 18.2 Å². The van der Waals surface area contributed by atoms with Gasteiger partial charge in [-0.2, -0.15) is 0 Å². The Kier molecular flexibility index (Phi) is 4.49. The van der Waals surface area contributed by atoms with Crippen molar-refractivity contribution in [3.05, 3.63) is 23.2 Å². The van der Waals surface area contributed by atoms with Gasteiger partial charge in [-0.1, -0.05) is 11.6 Å². The van der Waals surface area contributed by atoms with Crippen LogP contribution in [0.2, 0.25) is 5.02 Å². The van der Waals surface area contributed by atoms with Crippen molar-refractivity contribution in [3.8, 4) is 5.75 Å². The van der Waals surface area contributed by atoms with E-state index in [2.05, 4.69) is 5.32 Å². The summed E-state index contributed by atoms with van der Waals surface area (Å²) in [7, 11) is 0. The zero-order chi connectivity index (χ0) is 15.5. The average molecular weight is 325 g/mol. The Morgan fingerprint density at radius 1 is 1.45 bits per heavy atom. The largest absolute Gasteiger partial charge is 0.482 e. The van der Waals surface area contributed by atoms with Crippen LogP contribution in [0.3, 0.4) is 0 Å². The standard InChI is InChI=1S/C15H17ClN2O4/c16-10-3-4-13-12(6-10)18(15(20)9-22-13)8-14(19)17-7-11-2-1-5-21-11/h3-4,6,11H,1-2,5,7-9H2,(H,17,19)/t11-/m1/s1. The van der Waals surface area contributed by atoms with E-state index >= 15 is 0 Å². The summed E-state index contributed by atoms with van der Waals surface area (Å²) in [5.74, 6) is 0.0645. The Hall–Kier alpha value is -1.79. The Bertz CT molecular complexity index is 587. The van der Waals surface area contributed by atoms with E-state index in [0.717, 1.165) is 19.4 Å². The van der Waals surface area contributed by atoms with Crippen LogP contribution in [0.5, 0.6) is 5.75 Å². The highest BCUT2D eigenvalue weighted by Crippen LogP contribution is 2.34. The molecule has 0 unspecified atom stereocenters. The highest BCUT2D eigenvalue weighted by atomic mass is 35.5. The first-order valence-corrected chi connectivity index (χ1v) is 7.62. The number of halogens is 1. The first-order chi connectivity index (χ1) is 10.6. The summed E-state index contributed by atoms with van der Waals surface area (Å²) in [5.41, 5.74) is 0.524. The van der Waals surface area contributed by atoms with Crippen molar-refractivity contribution in [2.45, 2.75) is 18.9 Å². The van der Waals surface area contributed by atoms with Gasteiger partial charge < -0.3 is 14.8 Å². The first-order valence-electron chi connectivity index (χ1n) is 7.24. The van der Waals surface area contributed by atoms with Crippen molar-refractivity contribution < 1.29 is 19.1 Å². The third-order valence-electron chi connectivity index (χ3n) is 3.72. The van der Waals surface area contributed by atoms with Gasteiger partial charge in [-0.15, -0.1) is 0 Å². The van der Waals surface area contributed by atoms with E-state index in [1.165, 1.54) is 4.90 Å². The van der Waals surface area contributed by atoms with Crippen molar-refractivity contribution in [1.29, 1.82) is 0 Å². The number of nitrogens with one attached hydrogen (secondary N) is 1. The fraction of sp³-hybridized carbons (Fsp3) is 0.467. The molecule has 1 fully saturated rings. The van der Waals surface area contributed by atoms with Crippen LogP contribution in [0.4, 0.5) is 5.69 Å². The van der Waals surface area contributed by atoms with Crippen LogP contribution in [0, 0.1) is 0 Å². The van der Waals surface area contributed by atoms with Gasteiger partial charge in [-0.3, -0.25) is 14.5 Å². The molecule has 0 aromatic heterocycles. The molecule has 0 radical (unpaired) electrons. The number of rotatable bonds is 4. The van der Waals surface area contributed by atoms with Gasteiger partial charge in [0, 0.05) is 18.2 Å². The number of amides is 2. The topological polar surface area (TPSA) is 67.9 Å². The first kappa shape index (κ1) is 15.1. The Labute approximate surface area is 133 Å². The second kappa shape index (κ2) is 6.54. The lowest BCUT2D eigenvalue weighted by Crippen LogP contribution is -2.46. The molecule has 2 aliphatic rings. The predicted octanol–water partition coefficient (Wildman–Crippen LogP) is 1.36. The number of carbonyl (C=O) groups is 2. The van der Waals surface area contributed by atoms with E-state index in [9.17, 15) is 9.59 Å². The molecule has 1 saturated heterocycles. The fourth-order valence-electron chi connectivity index (χ4n) is 2.58. The van der Waals surface area contributed by atoms with Crippen molar-refractivity contribution in [3.63, 3.8) is 0 Å². The van der Waals surface area contributed by atoms with Crippen LogP contribution < -0.4 is 15.0 Å². The van der Waals surface area contributed by atoms with Gasteiger partial charge in [0.05, 0.1) is 11.8 Å². The molecular weight excluding hydrogens is 308 g/mol. The minimum atomic E-state index is -0.262. The van der Waals surface area contributed by atoms with E-state index in [1.54, 1.807) is 18.2 Å². The van der Waals surface area contributed by atoms with Crippen molar-refractivity contribution in [2.75, 3.05) is 31.2 Å². The van der Waals surface area contributed by atoms with Crippen LogP contribution in [-0.2, 0) is 14.3 Å². The minimum absolute atomic E-state index is 0.0533. The Balaban J connectivity index is 1.64. The van der Waals surface area contributed by atoms with Gasteiger partial charge in [-0.05, 0) is 31.0 Å². The molecule has 3 rings (SSSR count). The summed E-state index contributed by atoms with van der Waals surface area (Å²) in [6, 6.07) is 5.01. The molecule has 0 saturated carbocycles. The lowest BCUT2D eigenvalue weighted by Gasteiger charge is -2.29. The van der Waals surface area contributed by atoms with E-state index < -0.39 is 0 Å². The Morgan fingerprint density at radius 3 is 3.09 bits per heavy atom. The van der Waals surface area contributed by atoms with Gasteiger partial charge in [-0.25, -0.2) is 0 Å². The minimum Gasteiger partial charge on any atom is -0.482 e.